The lowest BCUT2D eigenvalue weighted by Crippen LogP contribution is -2.50. The maximum Gasteiger partial charge on any atom is 0.417 e. The number of likely N-dealkylation sites (N-methyl/N-ethyl adjacent to an activating group) is 1. The number of carbonyl (C=O) groups excluding carboxylic acids is 1. The highest BCUT2D eigenvalue weighted by atomic mass is 19.4. The van der Waals surface area contributed by atoms with Crippen LogP contribution in [0.25, 0.3) is 11.1 Å². The molecule has 206 valence electrons. The molecule has 0 aliphatic carbocycles. The predicted octanol–water partition coefficient (Wildman–Crippen LogP) is 3.76. The zero-order chi connectivity index (χ0) is 27.9. The van der Waals surface area contributed by atoms with Crippen LogP contribution in [0.4, 0.5) is 28.9 Å². The van der Waals surface area contributed by atoms with E-state index in [2.05, 4.69) is 20.2 Å². The first-order valence-electron chi connectivity index (χ1n) is 12.2. The monoisotopic (exact) mass is 547 g/mol. The van der Waals surface area contributed by atoms with E-state index in [4.69, 9.17) is 9.47 Å². The van der Waals surface area contributed by atoms with Gasteiger partial charge in [-0.25, -0.2) is 9.37 Å². The molecular formula is C26H25F4N5O4. The summed E-state index contributed by atoms with van der Waals surface area (Å²) in [4.78, 5) is 35.0. The predicted molar refractivity (Wildman–Crippen MR) is 135 cm³/mol. The van der Waals surface area contributed by atoms with Crippen LogP contribution in [0.1, 0.15) is 22.8 Å². The van der Waals surface area contributed by atoms with Gasteiger partial charge in [0, 0.05) is 55.3 Å². The number of aromatic amines is 1. The molecule has 39 heavy (non-hydrogen) atoms. The Labute approximate surface area is 220 Å². The van der Waals surface area contributed by atoms with Gasteiger partial charge < -0.3 is 29.6 Å². The highest BCUT2D eigenvalue weighted by molar-refractivity contribution is 6.07. The topological polar surface area (TPSA) is 99.8 Å². The molecule has 0 radical (unpaired) electrons. The van der Waals surface area contributed by atoms with Crippen molar-refractivity contribution >= 4 is 17.3 Å². The van der Waals surface area contributed by atoms with Crippen LogP contribution in [0, 0.1) is 5.82 Å². The number of piperazine rings is 1. The lowest BCUT2D eigenvalue weighted by Gasteiger charge is -2.39. The summed E-state index contributed by atoms with van der Waals surface area (Å²) < 4.78 is 67.4. The minimum absolute atomic E-state index is 0.0539. The minimum Gasteiger partial charge on any atom is -0.484 e. The molecule has 1 atom stereocenters. The highest BCUT2D eigenvalue weighted by Crippen LogP contribution is 2.39. The van der Waals surface area contributed by atoms with Crippen LogP contribution in [0.5, 0.6) is 11.6 Å². The Kier molecular flexibility index (Phi) is 6.93. The van der Waals surface area contributed by atoms with Crippen LogP contribution < -0.4 is 25.2 Å². The van der Waals surface area contributed by atoms with Crippen LogP contribution >= 0.6 is 0 Å². The number of rotatable bonds is 4. The van der Waals surface area contributed by atoms with Gasteiger partial charge in [0.15, 0.2) is 5.75 Å². The number of nitrogens with one attached hydrogen (secondary N) is 2. The Bertz CT molecular complexity index is 1480. The van der Waals surface area contributed by atoms with Gasteiger partial charge >= 0.3 is 6.18 Å². The Balaban J connectivity index is 1.58. The normalized spacial score (nSPS) is 17.7. The highest BCUT2D eigenvalue weighted by Gasteiger charge is 2.36. The first-order valence-corrected chi connectivity index (χ1v) is 12.2. The minimum atomic E-state index is -4.94. The molecule has 1 saturated heterocycles. The van der Waals surface area contributed by atoms with Crippen LogP contribution in [-0.4, -0.2) is 66.7 Å². The number of benzene rings is 1. The van der Waals surface area contributed by atoms with Crippen molar-refractivity contribution < 1.29 is 31.8 Å². The molecule has 2 aromatic heterocycles. The second kappa shape index (κ2) is 10.2. The molecule has 9 nitrogen and oxygen atoms in total. The molecule has 5 rings (SSSR count). The Hall–Kier alpha value is -4.13. The lowest BCUT2D eigenvalue weighted by atomic mass is 10.0. The maximum absolute atomic E-state index is 15.6. The SMILES string of the molecule is C[C@H]1CN(c2cc(F)c(-c3cnc4c(c3)OCCO4)cc2NC(=O)c2c[nH]c(=O)cc2C(F)(F)F)CCN1C. The summed E-state index contributed by atoms with van der Waals surface area (Å²) in [6.45, 7) is 4.26. The molecule has 0 unspecified atom stereocenters. The summed E-state index contributed by atoms with van der Waals surface area (Å²) in [6, 6.07) is 4.58. The number of halogens is 4. The number of carbonyl (C=O) groups is 1. The van der Waals surface area contributed by atoms with Gasteiger partial charge in [0.05, 0.1) is 22.5 Å². The second-order valence-electron chi connectivity index (χ2n) is 9.43. The zero-order valence-electron chi connectivity index (χ0n) is 21.1. The summed E-state index contributed by atoms with van der Waals surface area (Å²) in [5.41, 5.74) is -2.36. The maximum atomic E-state index is 15.6. The van der Waals surface area contributed by atoms with Crippen molar-refractivity contribution in [2.45, 2.75) is 19.1 Å². The standard InChI is InChI=1S/C26H25F4N5O4/c1-14-13-35(4-3-34(14)2)21-10-19(27)16(15-7-22-25(32-11-15)39-6-5-38-22)8-20(21)33-24(37)17-12-31-23(36)9-18(17)26(28,29)30/h7-12,14H,3-6,13H2,1-2H3,(H,31,36)(H,33,37)/t14-/m0/s1. The number of ether oxygens (including phenoxy) is 2. The van der Waals surface area contributed by atoms with Crippen molar-refractivity contribution in [2.75, 3.05) is 50.1 Å². The molecule has 1 fully saturated rings. The number of H-pyrrole nitrogens is 1. The zero-order valence-corrected chi connectivity index (χ0v) is 21.1. The summed E-state index contributed by atoms with van der Waals surface area (Å²) in [7, 11) is 1.96. The Morgan fingerprint density at radius 1 is 1.15 bits per heavy atom. The van der Waals surface area contributed by atoms with Crippen LogP contribution in [-0.2, 0) is 6.18 Å². The number of amides is 1. The number of pyridine rings is 2. The fourth-order valence-electron chi connectivity index (χ4n) is 4.58. The van der Waals surface area contributed by atoms with Gasteiger partial charge in [-0.1, -0.05) is 0 Å². The number of hydrogen-bond acceptors (Lipinski definition) is 7. The largest absolute Gasteiger partial charge is 0.484 e. The molecule has 2 aliphatic heterocycles. The number of hydrogen-bond donors (Lipinski definition) is 2. The van der Waals surface area contributed by atoms with Crippen molar-refractivity contribution in [3.63, 3.8) is 0 Å². The molecule has 2 N–H and O–H groups in total. The molecule has 1 aromatic carbocycles. The first-order chi connectivity index (χ1) is 18.5. The van der Waals surface area contributed by atoms with Crippen LogP contribution in [0.15, 0.2) is 41.5 Å². The number of anilines is 2. The van der Waals surface area contributed by atoms with E-state index in [-0.39, 0.29) is 23.2 Å². The van der Waals surface area contributed by atoms with Gasteiger partial charge in [-0.15, -0.1) is 0 Å². The van der Waals surface area contributed by atoms with Gasteiger partial charge in [0.2, 0.25) is 5.56 Å². The molecule has 0 saturated carbocycles. The molecular weight excluding hydrogens is 522 g/mol. The van der Waals surface area contributed by atoms with Gasteiger partial charge in [0.1, 0.15) is 19.0 Å². The molecule has 13 heteroatoms. The summed E-state index contributed by atoms with van der Waals surface area (Å²) in [5.74, 6) is -1.14. The van der Waals surface area contributed by atoms with E-state index in [0.717, 1.165) is 0 Å². The van der Waals surface area contributed by atoms with Crippen molar-refractivity contribution in [3.05, 3.63) is 64.0 Å². The molecule has 4 heterocycles. The summed E-state index contributed by atoms with van der Waals surface area (Å²) >= 11 is 0. The van der Waals surface area contributed by atoms with Gasteiger partial charge in [-0.3, -0.25) is 9.59 Å². The quantitative estimate of drug-likeness (QED) is 0.480. The average molecular weight is 548 g/mol. The van der Waals surface area contributed by atoms with Gasteiger partial charge in [-0.05, 0) is 32.2 Å². The first kappa shape index (κ1) is 26.5. The van der Waals surface area contributed by atoms with E-state index in [0.29, 0.717) is 62.1 Å². The van der Waals surface area contributed by atoms with E-state index in [9.17, 15) is 22.8 Å². The fraction of sp³-hybridized carbons (Fsp3) is 0.346. The smallest absolute Gasteiger partial charge is 0.417 e. The number of nitrogens with zero attached hydrogens (tertiary/aromatic N) is 3. The third kappa shape index (κ3) is 5.39. The number of aromatic nitrogens is 2. The van der Waals surface area contributed by atoms with Crippen molar-refractivity contribution in [1.82, 2.24) is 14.9 Å². The number of alkyl halides is 3. The number of fused-ring (bicyclic) bond motifs is 1. The molecule has 1 amide bonds. The third-order valence-corrected chi connectivity index (χ3v) is 6.82. The summed E-state index contributed by atoms with van der Waals surface area (Å²) in [6.07, 6.45) is -2.84. The molecule has 2 aliphatic rings. The fourth-order valence-corrected chi connectivity index (χ4v) is 4.58. The third-order valence-electron chi connectivity index (χ3n) is 6.82. The lowest BCUT2D eigenvalue weighted by molar-refractivity contribution is -0.138. The van der Waals surface area contributed by atoms with E-state index >= 15 is 4.39 Å². The van der Waals surface area contributed by atoms with Crippen molar-refractivity contribution in [2.24, 2.45) is 0 Å². The molecule has 0 bridgehead atoms. The Morgan fingerprint density at radius 3 is 2.67 bits per heavy atom. The summed E-state index contributed by atoms with van der Waals surface area (Å²) in [5, 5.41) is 2.52. The van der Waals surface area contributed by atoms with E-state index in [1.165, 1.54) is 18.3 Å². The van der Waals surface area contributed by atoms with Crippen LogP contribution in [0.3, 0.4) is 0 Å². The van der Waals surface area contributed by atoms with Gasteiger partial charge in [0.25, 0.3) is 11.8 Å². The van der Waals surface area contributed by atoms with E-state index < -0.39 is 34.6 Å². The average Bonchev–Trinajstić information content (AvgIpc) is 2.90. The van der Waals surface area contributed by atoms with Crippen molar-refractivity contribution in [3.8, 4) is 22.8 Å². The second-order valence-corrected chi connectivity index (χ2v) is 9.43. The van der Waals surface area contributed by atoms with E-state index in [1.807, 2.05) is 18.9 Å². The molecule has 0 spiro atoms. The van der Waals surface area contributed by atoms with Crippen LogP contribution in [0.2, 0.25) is 0 Å². The molecule has 3 aromatic rings. The van der Waals surface area contributed by atoms with E-state index in [1.54, 1.807) is 6.07 Å². The Morgan fingerprint density at radius 2 is 1.92 bits per heavy atom. The van der Waals surface area contributed by atoms with Gasteiger partial charge in [-0.2, -0.15) is 13.2 Å². The van der Waals surface area contributed by atoms with Crippen molar-refractivity contribution in [1.29, 1.82) is 0 Å².